The van der Waals surface area contributed by atoms with Crippen molar-refractivity contribution < 1.29 is 0 Å². The molecule has 0 radical (unpaired) electrons. The first-order valence-electron chi connectivity index (χ1n) is 13.6. The monoisotopic (exact) mass is 482 g/mol. The predicted molar refractivity (Wildman–Crippen MR) is 159 cm³/mol. The zero-order chi connectivity index (χ0) is 26.6. The molecule has 3 rings (SSSR count). The van der Waals surface area contributed by atoms with Gasteiger partial charge in [0.1, 0.15) is 0 Å². The lowest BCUT2D eigenvalue weighted by atomic mass is 9.84. The Morgan fingerprint density at radius 1 is 0.611 bits per heavy atom. The molecule has 0 bridgehead atoms. The molecule has 0 aromatic heterocycles. The van der Waals surface area contributed by atoms with Gasteiger partial charge in [0.2, 0.25) is 0 Å². The van der Waals surface area contributed by atoms with Crippen molar-refractivity contribution in [2.75, 3.05) is 5.32 Å². The van der Waals surface area contributed by atoms with Crippen LogP contribution in [0, 0.1) is 0 Å². The van der Waals surface area contributed by atoms with E-state index in [1.54, 1.807) is 0 Å². The highest BCUT2D eigenvalue weighted by atomic mass is 15.0. The summed E-state index contributed by atoms with van der Waals surface area (Å²) in [5, 5.41) is 4.06. The Morgan fingerprint density at radius 3 is 1.44 bits per heavy atom. The molecule has 1 unspecified atom stereocenters. The molecule has 2 nitrogen and oxygen atoms in total. The Morgan fingerprint density at radius 2 is 1.03 bits per heavy atom. The van der Waals surface area contributed by atoms with Gasteiger partial charge in [0.05, 0.1) is 11.2 Å². The summed E-state index contributed by atoms with van der Waals surface area (Å²) in [4.78, 5) is 5.45. The van der Waals surface area contributed by atoms with E-state index in [1.165, 1.54) is 33.5 Å². The van der Waals surface area contributed by atoms with E-state index in [1.807, 2.05) is 0 Å². The molecule has 0 fully saturated rings. The van der Waals surface area contributed by atoms with Crippen LogP contribution in [-0.4, -0.2) is 5.71 Å². The van der Waals surface area contributed by atoms with Crippen LogP contribution in [0.2, 0.25) is 0 Å². The van der Waals surface area contributed by atoms with Gasteiger partial charge in [-0.05, 0) is 65.3 Å². The summed E-state index contributed by atoms with van der Waals surface area (Å²) < 4.78 is 0. The molecular weight excluding hydrogens is 436 g/mol. The van der Waals surface area contributed by atoms with Gasteiger partial charge in [-0.25, -0.2) is 0 Å². The first-order valence-corrected chi connectivity index (χ1v) is 13.6. The van der Waals surface area contributed by atoms with Gasteiger partial charge in [-0.3, -0.25) is 4.99 Å². The largest absolute Gasteiger partial charge is 0.370 e. The van der Waals surface area contributed by atoms with Crippen LogP contribution in [-0.2, 0) is 5.54 Å². The molecule has 0 aliphatic heterocycles. The lowest BCUT2D eigenvalue weighted by Gasteiger charge is -2.36. The lowest BCUT2D eigenvalue weighted by molar-refractivity contribution is 0.718. The topological polar surface area (TPSA) is 24.4 Å². The predicted octanol–water partition coefficient (Wildman–Crippen LogP) is 10.3. The van der Waals surface area contributed by atoms with E-state index in [9.17, 15) is 0 Å². The van der Waals surface area contributed by atoms with Crippen molar-refractivity contribution in [3.63, 3.8) is 0 Å². The summed E-state index contributed by atoms with van der Waals surface area (Å²) in [7, 11) is 0. The standard InChI is InChI=1S/C34H46N2/c1-22(2)28-18-14-19-29(23(3)4)32(28)35-26(9)34(10,27-16-12-11-13-17-27)36-33-30(24(5)6)20-15-21-31(33)25(7)8/h11-25,36H,1-10H3. The fraction of sp³-hybridized carbons (Fsp3) is 0.441. The maximum Gasteiger partial charge on any atom is 0.0981 e. The molecule has 0 saturated carbocycles. The van der Waals surface area contributed by atoms with Gasteiger partial charge in [0.25, 0.3) is 0 Å². The molecule has 36 heavy (non-hydrogen) atoms. The summed E-state index contributed by atoms with van der Waals surface area (Å²) in [5.74, 6) is 1.64. The van der Waals surface area contributed by atoms with E-state index in [2.05, 4.69) is 141 Å². The fourth-order valence-electron chi connectivity index (χ4n) is 5.01. The van der Waals surface area contributed by atoms with Gasteiger partial charge >= 0.3 is 0 Å². The van der Waals surface area contributed by atoms with Crippen LogP contribution in [0.15, 0.2) is 71.7 Å². The van der Waals surface area contributed by atoms with Crippen molar-refractivity contribution in [2.24, 2.45) is 4.99 Å². The highest BCUT2D eigenvalue weighted by Gasteiger charge is 2.32. The highest BCUT2D eigenvalue weighted by Crippen LogP contribution is 2.40. The van der Waals surface area contributed by atoms with Crippen LogP contribution in [0.1, 0.15) is 121 Å². The molecule has 0 saturated heterocycles. The van der Waals surface area contributed by atoms with Gasteiger partial charge in [0.15, 0.2) is 0 Å². The van der Waals surface area contributed by atoms with Crippen LogP contribution in [0.3, 0.4) is 0 Å². The van der Waals surface area contributed by atoms with Gasteiger partial charge < -0.3 is 5.32 Å². The summed E-state index contributed by atoms with van der Waals surface area (Å²) in [5.41, 5.74) is 9.49. The van der Waals surface area contributed by atoms with Crippen molar-refractivity contribution in [3.8, 4) is 0 Å². The van der Waals surface area contributed by atoms with Crippen LogP contribution >= 0.6 is 0 Å². The summed E-state index contributed by atoms with van der Waals surface area (Å²) in [6.45, 7) is 22.6. The number of para-hydroxylation sites is 2. The average Bonchev–Trinajstić information content (AvgIpc) is 2.84. The SMILES string of the molecule is CC(=Nc1c(C(C)C)cccc1C(C)C)C(C)(Nc1c(C(C)C)cccc1C(C)C)c1ccccc1. The Bertz CT molecular complexity index is 1130. The molecular formula is C34H46N2. The summed E-state index contributed by atoms with van der Waals surface area (Å²) >= 11 is 0. The van der Waals surface area contributed by atoms with Gasteiger partial charge in [-0.1, -0.05) is 122 Å². The molecule has 1 N–H and O–H groups in total. The van der Waals surface area contributed by atoms with Crippen molar-refractivity contribution >= 4 is 17.1 Å². The maximum atomic E-state index is 5.45. The molecule has 3 aromatic carbocycles. The molecule has 0 amide bonds. The zero-order valence-electron chi connectivity index (χ0n) is 24.1. The smallest absolute Gasteiger partial charge is 0.0981 e. The number of nitrogens with one attached hydrogen (secondary N) is 1. The summed E-state index contributed by atoms with van der Waals surface area (Å²) in [6.07, 6.45) is 0. The second kappa shape index (κ2) is 11.5. The second-order valence-corrected chi connectivity index (χ2v) is 11.5. The molecule has 192 valence electrons. The molecule has 1 atom stereocenters. The highest BCUT2D eigenvalue weighted by molar-refractivity contribution is 5.97. The van der Waals surface area contributed by atoms with Crippen LogP contribution in [0.4, 0.5) is 11.4 Å². The maximum absolute atomic E-state index is 5.45. The van der Waals surface area contributed by atoms with E-state index in [-0.39, 0.29) is 0 Å². The Labute approximate surface area is 220 Å². The third-order valence-electron chi connectivity index (χ3n) is 7.44. The third-order valence-corrected chi connectivity index (χ3v) is 7.44. The Hall–Kier alpha value is -2.87. The normalized spacial score (nSPS) is 14.1. The number of rotatable bonds is 9. The van der Waals surface area contributed by atoms with Crippen LogP contribution < -0.4 is 5.32 Å². The number of benzene rings is 3. The number of nitrogens with zero attached hydrogens (tertiary/aromatic N) is 1. The molecule has 0 heterocycles. The fourth-order valence-corrected chi connectivity index (χ4v) is 5.01. The van der Waals surface area contributed by atoms with Crippen molar-refractivity contribution in [2.45, 2.75) is 98.4 Å². The second-order valence-electron chi connectivity index (χ2n) is 11.5. The van der Waals surface area contributed by atoms with E-state index in [0.717, 1.165) is 11.4 Å². The minimum Gasteiger partial charge on any atom is -0.370 e. The number of aliphatic imine (C=N–C) groups is 1. The average molecular weight is 483 g/mol. The van der Waals surface area contributed by atoms with Gasteiger partial charge in [-0.15, -0.1) is 0 Å². The quantitative estimate of drug-likeness (QED) is 0.301. The summed E-state index contributed by atoms with van der Waals surface area (Å²) in [6, 6.07) is 24.2. The first kappa shape index (κ1) is 27.7. The number of anilines is 1. The van der Waals surface area contributed by atoms with Gasteiger partial charge in [0, 0.05) is 11.4 Å². The zero-order valence-corrected chi connectivity index (χ0v) is 24.1. The molecule has 0 spiro atoms. The van der Waals surface area contributed by atoms with Gasteiger partial charge in [-0.2, -0.15) is 0 Å². The van der Waals surface area contributed by atoms with Crippen LogP contribution in [0.5, 0.6) is 0 Å². The van der Waals surface area contributed by atoms with Crippen LogP contribution in [0.25, 0.3) is 0 Å². The first-order chi connectivity index (χ1) is 17.0. The number of hydrogen-bond donors (Lipinski definition) is 1. The lowest BCUT2D eigenvalue weighted by Crippen LogP contribution is -2.40. The Kier molecular flexibility index (Phi) is 8.82. The Balaban J connectivity index is 2.29. The number of hydrogen-bond acceptors (Lipinski definition) is 2. The van der Waals surface area contributed by atoms with E-state index in [0.29, 0.717) is 23.7 Å². The van der Waals surface area contributed by atoms with Crippen molar-refractivity contribution in [1.82, 2.24) is 0 Å². The van der Waals surface area contributed by atoms with E-state index in [4.69, 9.17) is 4.99 Å². The molecule has 0 aliphatic rings. The molecule has 0 aliphatic carbocycles. The minimum absolute atomic E-state index is 0.403. The molecule has 2 heteroatoms. The van der Waals surface area contributed by atoms with Crippen molar-refractivity contribution in [1.29, 1.82) is 0 Å². The minimum atomic E-state index is -0.478. The van der Waals surface area contributed by atoms with Crippen molar-refractivity contribution in [3.05, 3.63) is 94.5 Å². The third kappa shape index (κ3) is 5.75. The molecule has 3 aromatic rings. The van der Waals surface area contributed by atoms with E-state index >= 15 is 0 Å². The van der Waals surface area contributed by atoms with E-state index < -0.39 is 5.54 Å².